The highest BCUT2D eigenvalue weighted by molar-refractivity contribution is 6.03. The molecule has 4 rings (SSSR count). The van der Waals surface area contributed by atoms with Crippen LogP contribution in [0.3, 0.4) is 0 Å². The van der Waals surface area contributed by atoms with Crippen molar-refractivity contribution in [2.24, 2.45) is 0 Å². The molecule has 0 aliphatic carbocycles. The third kappa shape index (κ3) is 5.11. The Morgan fingerprint density at radius 1 is 0.968 bits per heavy atom. The van der Waals surface area contributed by atoms with Crippen molar-refractivity contribution in [3.8, 4) is 11.5 Å². The van der Waals surface area contributed by atoms with E-state index in [0.29, 0.717) is 22.6 Å². The van der Waals surface area contributed by atoms with Crippen LogP contribution in [0.2, 0.25) is 0 Å². The minimum atomic E-state index is -0.637. The van der Waals surface area contributed by atoms with Crippen LogP contribution in [-0.2, 0) is 16.1 Å². The summed E-state index contributed by atoms with van der Waals surface area (Å²) in [5.41, 5.74) is 3.02. The number of hydrogen-bond donors (Lipinski definition) is 1. The van der Waals surface area contributed by atoms with Crippen LogP contribution in [0, 0.1) is 6.92 Å². The molecule has 6 heteroatoms. The lowest BCUT2D eigenvalue weighted by Crippen LogP contribution is -2.28. The maximum absolute atomic E-state index is 12.8. The third-order valence-electron chi connectivity index (χ3n) is 4.70. The number of nitrogens with one attached hydrogen (secondary N) is 1. The number of esters is 1. The summed E-state index contributed by atoms with van der Waals surface area (Å²) < 4.78 is 16.1. The van der Waals surface area contributed by atoms with Crippen molar-refractivity contribution in [1.29, 1.82) is 0 Å². The second-order valence-electron chi connectivity index (χ2n) is 7.05. The van der Waals surface area contributed by atoms with E-state index < -0.39 is 11.9 Å². The molecule has 1 N–H and O–H groups in total. The van der Waals surface area contributed by atoms with Crippen molar-refractivity contribution in [1.82, 2.24) is 5.32 Å². The van der Waals surface area contributed by atoms with Crippen molar-refractivity contribution in [3.63, 3.8) is 0 Å². The van der Waals surface area contributed by atoms with E-state index in [0.717, 1.165) is 11.1 Å². The largest absolute Gasteiger partial charge is 0.456 e. The van der Waals surface area contributed by atoms with E-state index in [1.807, 2.05) is 49.4 Å². The molecule has 0 bridgehead atoms. The lowest BCUT2D eigenvalue weighted by Gasteiger charge is -2.11. The van der Waals surface area contributed by atoms with Gasteiger partial charge in [-0.2, -0.15) is 0 Å². The summed E-state index contributed by atoms with van der Waals surface area (Å²) >= 11 is 0. The van der Waals surface area contributed by atoms with Gasteiger partial charge in [0.25, 0.3) is 5.91 Å². The molecule has 0 saturated heterocycles. The van der Waals surface area contributed by atoms with Gasteiger partial charge in [0.1, 0.15) is 12.3 Å². The van der Waals surface area contributed by atoms with Crippen molar-refractivity contribution in [3.05, 3.63) is 101 Å². The molecule has 0 fully saturated rings. The highest BCUT2D eigenvalue weighted by Gasteiger charge is 2.18. The van der Waals surface area contributed by atoms with Crippen LogP contribution >= 0.6 is 0 Å². The van der Waals surface area contributed by atoms with E-state index in [9.17, 15) is 9.59 Å². The Hall–Kier alpha value is -4.06. The Labute approximate surface area is 180 Å². The fourth-order valence-electron chi connectivity index (χ4n) is 3.02. The van der Waals surface area contributed by atoms with Crippen molar-refractivity contribution < 1.29 is 23.8 Å². The van der Waals surface area contributed by atoms with Gasteiger partial charge in [-0.05, 0) is 48.4 Å². The molecule has 1 aliphatic heterocycles. The number of benzene rings is 3. The molecule has 0 radical (unpaired) electrons. The fourth-order valence-corrected chi connectivity index (χ4v) is 3.02. The SMILES string of the molecule is Cc1ccc(C(=O)N/C(=C\c2ccc3c(c2)OCO3)C(=O)OCc2ccccc2)cc1. The lowest BCUT2D eigenvalue weighted by atomic mass is 10.1. The second-order valence-corrected chi connectivity index (χ2v) is 7.05. The number of carbonyl (C=O) groups is 2. The number of rotatable bonds is 6. The minimum Gasteiger partial charge on any atom is -0.456 e. The molecular formula is C25H21NO5. The van der Waals surface area contributed by atoms with Gasteiger partial charge in [-0.3, -0.25) is 4.79 Å². The predicted octanol–water partition coefficient (Wildman–Crippen LogP) is 4.24. The maximum atomic E-state index is 12.8. The summed E-state index contributed by atoms with van der Waals surface area (Å²) in [6, 6.07) is 21.7. The summed E-state index contributed by atoms with van der Waals surface area (Å²) in [4.78, 5) is 25.5. The molecule has 0 saturated carbocycles. The zero-order valence-corrected chi connectivity index (χ0v) is 17.0. The Bertz CT molecular complexity index is 1120. The summed E-state index contributed by atoms with van der Waals surface area (Å²) in [6.07, 6.45) is 1.56. The molecule has 0 unspecified atom stereocenters. The molecule has 1 heterocycles. The molecule has 0 atom stereocenters. The first-order valence-corrected chi connectivity index (χ1v) is 9.79. The van der Waals surface area contributed by atoms with E-state index >= 15 is 0 Å². The summed E-state index contributed by atoms with van der Waals surface area (Å²) in [7, 11) is 0. The van der Waals surface area contributed by atoms with Crippen LogP contribution in [0.4, 0.5) is 0 Å². The van der Waals surface area contributed by atoms with Crippen LogP contribution < -0.4 is 14.8 Å². The quantitative estimate of drug-likeness (QED) is 0.482. The molecule has 3 aromatic rings. The van der Waals surface area contributed by atoms with Gasteiger partial charge in [0, 0.05) is 5.56 Å². The van der Waals surface area contributed by atoms with Gasteiger partial charge in [-0.1, -0.05) is 54.1 Å². The van der Waals surface area contributed by atoms with Gasteiger partial charge < -0.3 is 19.5 Å². The van der Waals surface area contributed by atoms with Gasteiger partial charge in [-0.15, -0.1) is 0 Å². The minimum absolute atomic E-state index is 0.0281. The predicted molar refractivity (Wildman–Crippen MR) is 115 cm³/mol. The smallest absolute Gasteiger partial charge is 0.355 e. The van der Waals surface area contributed by atoms with Gasteiger partial charge >= 0.3 is 5.97 Å². The van der Waals surface area contributed by atoms with Crippen molar-refractivity contribution in [2.75, 3.05) is 6.79 Å². The number of carbonyl (C=O) groups excluding carboxylic acids is 2. The zero-order valence-electron chi connectivity index (χ0n) is 17.0. The first-order chi connectivity index (χ1) is 15.1. The topological polar surface area (TPSA) is 73.9 Å². The molecule has 3 aromatic carbocycles. The van der Waals surface area contributed by atoms with Crippen LogP contribution in [0.25, 0.3) is 6.08 Å². The molecule has 0 aromatic heterocycles. The molecule has 1 aliphatic rings. The Kier molecular flexibility index (Phi) is 5.98. The first-order valence-electron chi connectivity index (χ1n) is 9.79. The van der Waals surface area contributed by atoms with E-state index in [2.05, 4.69) is 5.32 Å². The molecular weight excluding hydrogens is 394 g/mol. The first kappa shape index (κ1) is 20.2. The zero-order chi connectivity index (χ0) is 21.6. The van der Waals surface area contributed by atoms with Crippen molar-refractivity contribution in [2.45, 2.75) is 13.5 Å². The van der Waals surface area contributed by atoms with Crippen LogP contribution in [0.15, 0.2) is 78.5 Å². The van der Waals surface area contributed by atoms with Gasteiger partial charge in [-0.25, -0.2) is 4.79 Å². The van der Waals surface area contributed by atoms with Gasteiger partial charge in [0.05, 0.1) is 0 Å². The fraction of sp³-hybridized carbons (Fsp3) is 0.120. The average Bonchev–Trinajstić information content (AvgIpc) is 3.26. The number of ether oxygens (including phenoxy) is 3. The Morgan fingerprint density at radius 3 is 2.48 bits per heavy atom. The Balaban J connectivity index is 1.57. The number of fused-ring (bicyclic) bond motifs is 1. The molecule has 31 heavy (non-hydrogen) atoms. The van der Waals surface area contributed by atoms with Crippen LogP contribution in [0.1, 0.15) is 27.0 Å². The number of amides is 1. The molecule has 156 valence electrons. The summed E-state index contributed by atoms with van der Waals surface area (Å²) in [5, 5.41) is 2.68. The van der Waals surface area contributed by atoms with E-state index in [4.69, 9.17) is 14.2 Å². The second kappa shape index (κ2) is 9.17. The summed E-state index contributed by atoms with van der Waals surface area (Å²) in [5.74, 6) is 0.176. The molecule has 1 amide bonds. The monoisotopic (exact) mass is 415 g/mol. The van der Waals surface area contributed by atoms with Crippen LogP contribution in [-0.4, -0.2) is 18.7 Å². The number of hydrogen-bond acceptors (Lipinski definition) is 5. The normalized spacial score (nSPS) is 12.4. The van der Waals surface area contributed by atoms with E-state index in [1.165, 1.54) is 0 Å². The van der Waals surface area contributed by atoms with E-state index in [-0.39, 0.29) is 19.1 Å². The maximum Gasteiger partial charge on any atom is 0.355 e. The molecule has 6 nitrogen and oxygen atoms in total. The lowest BCUT2D eigenvalue weighted by molar-refractivity contribution is -0.140. The average molecular weight is 415 g/mol. The molecule has 0 spiro atoms. The van der Waals surface area contributed by atoms with Crippen molar-refractivity contribution >= 4 is 18.0 Å². The highest BCUT2D eigenvalue weighted by Crippen LogP contribution is 2.33. The summed E-state index contributed by atoms with van der Waals surface area (Å²) in [6.45, 7) is 2.19. The standard InChI is InChI=1S/C25H21NO5/c1-17-7-10-20(11-8-17)24(27)26-21(25(28)29-15-18-5-3-2-4-6-18)13-19-9-12-22-23(14-19)31-16-30-22/h2-14H,15-16H2,1H3,(H,26,27)/b21-13-. The highest BCUT2D eigenvalue weighted by atomic mass is 16.7. The Morgan fingerprint density at radius 2 is 1.71 bits per heavy atom. The van der Waals surface area contributed by atoms with Crippen LogP contribution in [0.5, 0.6) is 11.5 Å². The number of aryl methyl sites for hydroxylation is 1. The van der Waals surface area contributed by atoms with Gasteiger partial charge in [0.15, 0.2) is 11.5 Å². The third-order valence-corrected chi connectivity index (χ3v) is 4.70. The van der Waals surface area contributed by atoms with Gasteiger partial charge in [0.2, 0.25) is 6.79 Å². The van der Waals surface area contributed by atoms with E-state index in [1.54, 1.807) is 36.4 Å².